The molecule has 0 saturated heterocycles. The molecular formula is C15H19BrN2OS. The van der Waals surface area contributed by atoms with Gasteiger partial charge >= 0.3 is 0 Å². The molecule has 0 aliphatic heterocycles. The normalized spacial score (nSPS) is 11.1. The van der Waals surface area contributed by atoms with E-state index in [1.165, 1.54) is 4.88 Å². The molecule has 2 heterocycles. The summed E-state index contributed by atoms with van der Waals surface area (Å²) in [5.41, 5.74) is 1.98. The number of nitrogens with one attached hydrogen (secondary N) is 1. The molecule has 2 aromatic heterocycles. The number of hydrogen-bond donors (Lipinski definition) is 1. The molecule has 0 aliphatic carbocycles. The standard InChI is InChI=1S/C15H19BrN2OS/c1-10(2)17-7-14-15(5-4-11(3)18-14)19-8-13-6-12(16)9-20-13/h4-6,9-10,17H,7-8H2,1-3H3. The first-order chi connectivity index (χ1) is 9.54. The van der Waals surface area contributed by atoms with E-state index in [0.717, 1.165) is 28.2 Å². The van der Waals surface area contributed by atoms with Crippen LogP contribution in [-0.4, -0.2) is 11.0 Å². The molecule has 2 rings (SSSR count). The van der Waals surface area contributed by atoms with Crippen LogP contribution in [0.25, 0.3) is 0 Å². The first-order valence-electron chi connectivity index (χ1n) is 6.60. The van der Waals surface area contributed by atoms with Crippen LogP contribution < -0.4 is 10.1 Å². The van der Waals surface area contributed by atoms with Crippen molar-refractivity contribution in [2.75, 3.05) is 0 Å². The molecule has 2 aromatic rings. The predicted molar refractivity (Wildman–Crippen MR) is 87.3 cm³/mol. The van der Waals surface area contributed by atoms with Crippen LogP contribution in [0.5, 0.6) is 5.75 Å². The molecule has 0 aromatic carbocycles. The fourth-order valence-corrected chi connectivity index (χ4v) is 3.10. The van der Waals surface area contributed by atoms with Gasteiger partial charge in [0.2, 0.25) is 0 Å². The van der Waals surface area contributed by atoms with E-state index in [9.17, 15) is 0 Å². The third kappa shape index (κ3) is 4.58. The molecule has 0 atom stereocenters. The van der Waals surface area contributed by atoms with Gasteiger partial charge in [0, 0.05) is 33.0 Å². The molecular weight excluding hydrogens is 336 g/mol. The van der Waals surface area contributed by atoms with Gasteiger partial charge in [0.15, 0.2) is 0 Å². The Bertz CT molecular complexity index is 569. The van der Waals surface area contributed by atoms with E-state index in [1.54, 1.807) is 11.3 Å². The van der Waals surface area contributed by atoms with E-state index in [1.807, 2.05) is 19.1 Å². The third-order valence-corrected chi connectivity index (χ3v) is 4.41. The Morgan fingerprint density at radius 3 is 2.85 bits per heavy atom. The lowest BCUT2D eigenvalue weighted by Crippen LogP contribution is -2.23. The molecule has 0 unspecified atom stereocenters. The van der Waals surface area contributed by atoms with Gasteiger partial charge in [0.25, 0.3) is 0 Å². The van der Waals surface area contributed by atoms with Crippen molar-refractivity contribution in [2.24, 2.45) is 0 Å². The molecule has 0 radical (unpaired) electrons. The lowest BCUT2D eigenvalue weighted by Gasteiger charge is -2.13. The summed E-state index contributed by atoms with van der Waals surface area (Å²) in [6, 6.07) is 6.50. The van der Waals surface area contributed by atoms with Gasteiger partial charge < -0.3 is 10.1 Å². The van der Waals surface area contributed by atoms with Gasteiger partial charge in [-0.3, -0.25) is 4.98 Å². The largest absolute Gasteiger partial charge is 0.486 e. The van der Waals surface area contributed by atoms with Gasteiger partial charge in [-0.2, -0.15) is 0 Å². The van der Waals surface area contributed by atoms with E-state index < -0.39 is 0 Å². The van der Waals surface area contributed by atoms with Gasteiger partial charge in [-0.1, -0.05) is 13.8 Å². The van der Waals surface area contributed by atoms with Crippen molar-refractivity contribution in [3.63, 3.8) is 0 Å². The Morgan fingerprint density at radius 1 is 1.40 bits per heavy atom. The highest BCUT2D eigenvalue weighted by Crippen LogP contribution is 2.23. The Labute approximate surface area is 132 Å². The number of pyridine rings is 1. The highest BCUT2D eigenvalue weighted by Gasteiger charge is 2.08. The summed E-state index contributed by atoms with van der Waals surface area (Å²) in [6.45, 7) is 7.55. The predicted octanol–water partition coefficient (Wildman–Crippen LogP) is 4.29. The minimum atomic E-state index is 0.429. The second-order valence-corrected chi connectivity index (χ2v) is 6.86. The summed E-state index contributed by atoms with van der Waals surface area (Å²) in [4.78, 5) is 5.76. The number of aromatic nitrogens is 1. The Hall–Kier alpha value is -0.910. The summed E-state index contributed by atoms with van der Waals surface area (Å²) in [5.74, 6) is 0.855. The molecule has 0 saturated carbocycles. The average Bonchev–Trinajstić information content (AvgIpc) is 2.81. The maximum Gasteiger partial charge on any atom is 0.142 e. The van der Waals surface area contributed by atoms with Gasteiger partial charge in [-0.05, 0) is 41.1 Å². The van der Waals surface area contributed by atoms with E-state index in [-0.39, 0.29) is 0 Å². The third-order valence-electron chi connectivity index (χ3n) is 2.74. The van der Waals surface area contributed by atoms with Crippen molar-refractivity contribution in [1.82, 2.24) is 10.3 Å². The second kappa shape index (κ2) is 7.20. The van der Waals surface area contributed by atoms with Crippen LogP contribution in [0.4, 0.5) is 0 Å². The summed E-state index contributed by atoms with van der Waals surface area (Å²) < 4.78 is 7.01. The zero-order chi connectivity index (χ0) is 14.5. The van der Waals surface area contributed by atoms with E-state index >= 15 is 0 Å². The van der Waals surface area contributed by atoms with Crippen LogP contribution in [0, 0.1) is 6.92 Å². The second-order valence-electron chi connectivity index (χ2n) is 4.95. The van der Waals surface area contributed by atoms with Gasteiger partial charge in [-0.25, -0.2) is 0 Å². The van der Waals surface area contributed by atoms with Crippen molar-refractivity contribution in [1.29, 1.82) is 0 Å². The monoisotopic (exact) mass is 354 g/mol. The molecule has 108 valence electrons. The van der Waals surface area contributed by atoms with E-state index in [2.05, 4.69) is 51.5 Å². The number of ether oxygens (including phenoxy) is 1. The molecule has 0 aliphatic rings. The van der Waals surface area contributed by atoms with Crippen molar-refractivity contribution in [2.45, 2.75) is 40.0 Å². The van der Waals surface area contributed by atoms with Crippen LogP contribution in [-0.2, 0) is 13.2 Å². The van der Waals surface area contributed by atoms with Crippen LogP contribution in [0.1, 0.15) is 30.1 Å². The molecule has 0 spiro atoms. The van der Waals surface area contributed by atoms with Crippen molar-refractivity contribution >= 4 is 27.3 Å². The fourth-order valence-electron chi connectivity index (χ4n) is 1.73. The summed E-state index contributed by atoms with van der Waals surface area (Å²) in [6.07, 6.45) is 0. The molecule has 0 fully saturated rings. The number of rotatable bonds is 6. The number of nitrogens with zero attached hydrogens (tertiary/aromatic N) is 1. The molecule has 5 heteroatoms. The van der Waals surface area contributed by atoms with Crippen LogP contribution in [0.15, 0.2) is 28.1 Å². The van der Waals surface area contributed by atoms with Crippen molar-refractivity contribution < 1.29 is 4.74 Å². The smallest absolute Gasteiger partial charge is 0.142 e. The van der Waals surface area contributed by atoms with Crippen molar-refractivity contribution in [3.05, 3.63) is 44.3 Å². The molecule has 1 N–H and O–H groups in total. The highest BCUT2D eigenvalue weighted by atomic mass is 79.9. The maximum atomic E-state index is 5.91. The lowest BCUT2D eigenvalue weighted by molar-refractivity contribution is 0.303. The zero-order valence-electron chi connectivity index (χ0n) is 11.9. The number of hydrogen-bond acceptors (Lipinski definition) is 4. The maximum absolute atomic E-state index is 5.91. The highest BCUT2D eigenvalue weighted by molar-refractivity contribution is 9.10. The topological polar surface area (TPSA) is 34.1 Å². The molecule has 3 nitrogen and oxygen atoms in total. The molecule has 0 amide bonds. The Kier molecular flexibility index (Phi) is 5.57. The SMILES string of the molecule is Cc1ccc(OCc2cc(Br)cs2)c(CNC(C)C)n1. The van der Waals surface area contributed by atoms with Gasteiger partial charge in [-0.15, -0.1) is 11.3 Å². The zero-order valence-corrected chi connectivity index (χ0v) is 14.3. The average molecular weight is 355 g/mol. The van der Waals surface area contributed by atoms with Crippen molar-refractivity contribution in [3.8, 4) is 5.75 Å². The van der Waals surface area contributed by atoms with Gasteiger partial charge in [0.1, 0.15) is 12.4 Å². The first-order valence-corrected chi connectivity index (χ1v) is 8.27. The number of halogens is 1. The number of aryl methyl sites for hydroxylation is 1. The Balaban J connectivity index is 2.05. The minimum Gasteiger partial charge on any atom is -0.486 e. The Morgan fingerprint density at radius 2 is 2.20 bits per heavy atom. The number of thiophene rings is 1. The first kappa shape index (κ1) is 15.5. The van der Waals surface area contributed by atoms with Crippen LogP contribution in [0.3, 0.4) is 0 Å². The summed E-state index contributed by atoms with van der Waals surface area (Å²) in [7, 11) is 0. The van der Waals surface area contributed by atoms with Gasteiger partial charge in [0.05, 0.1) is 5.69 Å². The quantitative estimate of drug-likeness (QED) is 0.839. The van der Waals surface area contributed by atoms with Crippen LogP contribution in [0.2, 0.25) is 0 Å². The minimum absolute atomic E-state index is 0.429. The summed E-state index contributed by atoms with van der Waals surface area (Å²) >= 11 is 5.14. The van der Waals surface area contributed by atoms with Crippen LogP contribution >= 0.6 is 27.3 Å². The molecule has 0 bridgehead atoms. The lowest BCUT2D eigenvalue weighted by atomic mass is 10.2. The fraction of sp³-hybridized carbons (Fsp3) is 0.400. The van der Waals surface area contributed by atoms with E-state index in [4.69, 9.17) is 4.74 Å². The summed E-state index contributed by atoms with van der Waals surface area (Å²) in [5, 5.41) is 5.45. The molecule has 20 heavy (non-hydrogen) atoms. The van der Waals surface area contributed by atoms with E-state index in [0.29, 0.717) is 12.6 Å².